The van der Waals surface area contributed by atoms with Crippen LogP contribution in [0.1, 0.15) is 0 Å². The number of rotatable bonds is 2. The summed E-state index contributed by atoms with van der Waals surface area (Å²) in [6.45, 7) is 0. The van der Waals surface area contributed by atoms with Crippen LogP contribution in [0.25, 0.3) is 10.7 Å². The zero-order valence-electron chi connectivity index (χ0n) is 8.38. The SMILES string of the molecule is Cn1c(-c2nnc(Cl)s2)cnc1S(C)(=O)=O. The average Bonchev–Trinajstić information content (AvgIpc) is 2.70. The van der Waals surface area contributed by atoms with Gasteiger partial charge in [0, 0.05) is 13.3 Å². The number of nitrogens with zero attached hydrogens (tertiary/aromatic N) is 4. The highest BCUT2D eigenvalue weighted by atomic mass is 35.5. The Labute approximate surface area is 101 Å². The Morgan fingerprint density at radius 2 is 2.12 bits per heavy atom. The number of sulfone groups is 1. The van der Waals surface area contributed by atoms with Crippen molar-refractivity contribution in [2.45, 2.75) is 5.16 Å². The van der Waals surface area contributed by atoms with E-state index in [1.807, 2.05) is 0 Å². The van der Waals surface area contributed by atoms with E-state index in [1.54, 1.807) is 7.05 Å². The summed E-state index contributed by atoms with van der Waals surface area (Å²) < 4.78 is 24.5. The molecule has 0 fully saturated rings. The first kappa shape index (κ1) is 11.5. The summed E-state index contributed by atoms with van der Waals surface area (Å²) in [7, 11) is -1.73. The van der Waals surface area contributed by atoms with Crippen LogP contribution in [0.15, 0.2) is 11.4 Å². The minimum absolute atomic E-state index is 0.00572. The van der Waals surface area contributed by atoms with Gasteiger partial charge in [0.25, 0.3) is 0 Å². The number of hydrogen-bond acceptors (Lipinski definition) is 6. The molecule has 2 aromatic rings. The molecule has 2 aromatic heterocycles. The molecule has 0 spiro atoms. The van der Waals surface area contributed by atoms with Crippen molar-refractivity contribution in [2.24, 2.45) is 7.05 Å². The summed E-state index contributed by atoms with van der Waals surface area (Å²) in [5, 5.41) is 8.00. The largest absolute Gasteiger partial charge is 0.316 e. The lowest BCUT2D eigenvalue weighted by Crippen LogP contribution is -2.06. The Balaban J connectivity index is 2.58. The van der Waals surface area contributed by atoms with Crippen LogP contribution < -0.4 is 0 Å². The van der Waals surface area contributed by atoms with E-state index in [0.29, 0.717) is 15.2 Å². The molecular weight excluding hydrogens is 272 g/mol. The monoisotopic (exact) mass is 278 g/mol. The molecule has 9 heteroatoms. The van der Waals surface area contributed by atoms with Crippen molar-refractivity contribution in [1.82, 2.24) is 19.7 Å². The van der Waals surface area contributed by atoms with Crippen LogP contribution in [0.5, 0.6) is 0 Å². The average molecular weight is 279 g/mol. The standard InChI is InChI=1S/C7H7ClN4O2S2/c1-12-4(5-10-11-6(8)15-5)3-9-7(12)16(2,13)14/h3H,1-2H3. The van der Waals surface area contributed by atoms with Gasteiger partial charge in [-0.1, -0.05) is 11.3 Å². The topological polar surface area (TPSA) is 77.7 Å². The van der Waals surface area contributed by atoms with Crippen molar-refractivity contribution in [1.29, 1.82) is 0 Å². The Kier molecular flexibility index (Phi) is 2.72. The van der Waals surface area contributed by atoms with E-state index < -0.39 is 9.84 Å². The molecule has 86 valence electrons. The van der Waals surface area contributed by atoms with Gasteiger partial charge in [-0.25, -0.2) is 13.4 Å². The van der Waals surface area contributed by atoms with E-state index in [-0.39, 0.29) is 5.16 Å². The van der Waals surface area contributed by atoms with E-state index in [1.165, 1.54) is 22.1 Å². The molecule has 0 aliphatic carbocycles. The molecule has 6 nitrogen and oxygen atoms in total. The maximum absolute atomic E-state index is 11.4. The van der Waals surface area contributed by atoms with Gasteiger partial charge >= 0.3 is 0 Å². The Morgan fingerprint density at radius 1 is 1.44 bits per heavy atom. The molecule has 0 N–H and O–H groups in total. The minimum Gasteiger partial charge on any atom is -0.316 e. The first-order valence-electron chi connectivity index (χ1n) is 4.11. The van der Waals surface area contributed by atoms with E-state index in [0.717, 1.165) is 6.26 Å². The predicted octanol–water partition coefficient (Wildman–Crippen LogP) is 0.995. The van der Waals surface area contributed by atoms with Crippen molar-refractivity contribution in [3.05, 3.63) is 10.7 Å². The fourth-order valence-electron chi connectivity index (χ4n) is 1.24. The summed E-state index contributed by atoms with van der Waals surface area (Å²) in [4.78, 5) is 3.84. The maximum atomic E-state index is 11.4. The van der Waals surface area contributed by atoms with Crippen LogP contribution in [0.2, 0.25) is 4.47 Å². The molecule has 16 heavy (non-hydrogen) atoms. The number of halogens is 1. The van der Waals surface area contributed by atoms with Gasteiger partial charge < -0.3 is 4.57 Å². The van der Waals surface area contributed by atoms with Gasteiger partial charge in [-0.2, -0.15) is 0 Å². The van der Waals surface area contributed by atoms with Crippen LogP contribution in [-0.4, -0.2) is 34.4 Å². The molecule has 0 radical (unpaired) electrons. The molecule has 0 atom stereocenters. The second-order valence-corrected chi connectivity index (χ2v) is 6.59. The summed E-state index contributed by atoms with van der Waals surface area (Å²) >= 11 is 6.82. The van der Waals surface area contributed by atoms with Gasteiger partial charge in [0.05, 0.1) is 11.9 Å². The number of aromatic nitrogens is 4. The Hall–Kier alpha value is -0.990. The van der Waals surface area contributed by atoms with Gasteiger partial charge in [0.2, 0.25) is 19.5 Å². The van der Waals surface area contributed by atoms with Crippen LogP contribution in [0.3, 0.4) is 0 Å². The zero-order valence-corrected chi connectivity index (χ0v) is 10.8. The van der Waals surface area contributed by atoms with Crippen LogP contribution in [0, 0.1) is 0 Å². The van der Waals surface area contributed by atoms with Crippen LogP contribution >= 0.6 is 22.9 Å². The molecular formula is C7H7ClN4O2S2. The molecule has 0 aliphatic heterocycles. The third kappa shape index (κ3) is 1.95. The Morgan fingerprint density at radius 3 is 2.56 bits per heavy atom. The van der Waals surface area contributed by atoms with Gasteiger partial charge in [-0.05, 0) is 11.6 Å². The summed E-state index contributed by atoms with van der Waals surface area (Å²) in [6.07, 6.45) is 2.54. The fourth-order valence-corrected chi connectivity index (χ4v) is 2.96. The third-order valence-corrected chi connectivity index (χ3v) is 3.98. The van der Waals surface area contributed by atoms with Crippen molar-refractivity contribution < 1.29 is 8.42 Å². The van der Waals surface area contributed by atoms with Crippen LogP contribution in [-0.2, 0) is 16.9 Å². The normalized spacial score (nSPS) is 11.9. The lowest BCUT2D eigenvalue weighted by Gasteiger charge is -2.00. The lowest BCUT2D eigenvalue weighted by molar-refractivity contribution is 0.585. The number of hydrogen-bond donors (Lipinski definition) is 0. The molecule has 0 unspecified atom stereocenters. The zero-order chi connectivity index (χ0) is 11.9. The molecule has 0 aliphatic rings. The second-order valence-electron chi connectivity index (χ2n) is 3.12. The highest BCUT2D eigenvalue weighted by molar-refractivity contribution is 7.90. The van der Waals surface area contributed by atoms with Gasteiger partial charge in [0.15, 0.2) is 5.01 Å². The van der Waals surface area contributed by atoms with Crippen molar-refractivity contribution in [2.75, 3.05) is 6.26 Å². The van der Waals surface area contributed by atoms with Gasteiger partial charge in [-0.3, -0.25) is 0 Å². The van der Waals surface area contributed by atoms with E-state index in [2.05, 4.69) is 15.2 Å². The molecule has 2 rings (SSSR count). The van der Waals surface area contributed by atoms with Gasteiger partial charge in [0.1, 0.15) is 0 Å². The molecule has 0 bridgehead atoms. The molecule has 0 saturated heterocycles. The second kappa shape index (κ2) is 3.79. The molecule has 0 saturated carbocycles. The first-order chi connectivity index (χ1) is 7.39. The summed E-state index contributed by atoms with van der Waals surface area (Å²) in [5.74, 6) is 0. The van der Waals surface area contributed by atoms with Gasteiger partial charge in [-0.15, -0.1) is 10.2 Å². The van der Waals surface area contributed by atoms with E-state index in [9.17, 15) is 8.42 Å². The Bertz CT molecular complexity index is 631. The highest BCUT2D eigenvalue weighted by Crippen LogP contribution is 2.26. The fraction of sp³-hybridized carbons (Fsp3) is 0.286. The van der Waals surface area contributed by atoms with Crippen molar-refractivity contribution in [3.8, 4) is 10.7 Å². The van der Waals surface area contributed by atoms with E-state index in [4.69, 9.17) is 11.6 Å². The molecule has 2 heterocycles. The summed E-state index contributed by atoms with van der Waals surface area (Å²) in [5.41, 5.74) is 0.574. The minimum atomic E-state index is -3.34. The lowest BCUT2D eigenvalue weighted by atomic mass is 10.5. The number of imidazole rings is 1. The first-order valence-corrected chi connectivity index (χ1v) is 7.19. The predicted molar refractivity (Wildman–Crippen MR) is 60.2 cm³/mol. The quantitative estimate of drug-likeness (QED) is 0.819. The van der Waals surface area contributed by atoms with Crippen LogP contribution in [0.4, 0.5) is 0 Å². The maximum Gasteiger partial charge on any atom is 0.227 e. The van der Waals surface area contributed by atoms with Crippen molar-refractivity contribution in [3.63, 3.8) is 0 Å². The van der Waals surface area contributed by atoms with E-state index >= 15 is 0 Å². The third-order valence-electron chi connectivity index (χ3n) is 1.90. The molecule has 0 amide bonds. The van der Waals surface area contributed by atoms with Crippen molar-refractivity contribution >= 4 is 32.8 Å². The highest BCUT2D eigenvalue weighted by Gasteiger charge is 2.18. The summed E-state index contributed by atoms with van der Waals surface area (Å²) in [6, 6.07) is 0. The molecule has 0 aromatic carbocycles. The smallest absolute Gasteiger partial charge is 0.227 e.